The minimum absolute atomic E-state index is 0.0687. The molecule has 24 heavy (non-hydrogen) atoms. The number of amides is 1. The number of hydrogen-bond donors (Lipinski definition) is 0. The van der Waals surface area contributed by atoms with E-state index in [1.54, 1.807) is 28.8 Å². The van der Waals surface area contributed by atoms with Crippen molar-refractivity contribution in [2.45, 2.75) is 26.8 Å². The molecular formula is C19H19ClN2OS. The van der Waals surface area contributed by atoms with Gasteiger partial charge in [0.1, 0.15) is 0 Å². The number of carbonyl (C=O) groups is 1. The molecule has 2 aromatic carbocycles. The topological polar surface area (TPSA) is 32.7 Å². The Morgan fingerprint density at radius 2 is 1.88 bits per heavy atom. The fourth-order valence-electron chi connectivity index (χ4n) is 2.49. The molecule has 1 heterocycles. The van der Waals surface area contributed by atoms with E-state index >= 15 is 0 Å². The zero-order chi connectivity index (χ0) is 17.3. The molecule has 0 bridgehead atoms. The van der Waals surface area contributed by atoms with Gasteiger partial charge in [0.15, 0.2) is 5.17 Å². The van der Waals surface area contributed by atoms with Crippen LogP contribution in [-0.4, -0.2) is 22.9 Å². The van der Waals surface area contributed by atoms with E-state index in [1.807, 2.05) is 44.2 Å². The van der Waals surface area contributed by atoms with Crippen LogP contribution >= 0.6 is 23.4 Å². The first-order valence-electron chi connectivity index (χ1n) is 7.83. The van der Waals surface area contributed by atoms with Crippen LogP contribution in [0, 0.1) is 13.8 Å². The Hall–Kier alpha value is -1.78. The van der Waals surface area contributed by atoms with Crippen molar-refractivity contribution >= 4 is 40.1 Å². The van der Waals surface area contributed by atoms with E-state index in [-0.39, 0.29) is 11.9 Å². The second-order valence-corrected chi connectivity index (χ2v) is 7.41. The van der Waals surface area contributed by atoms with E-state index < -0.39 is 0 Å². The van der Waals surface area contributed by atoms with Crippen molar-refractivity contribution in [2.75, 3.05) is 10.7 Å². The van der Waals surface area contributed by atoms with Crippen LogP contribution in [0.2, 0.25) is 5.02 Å². The number of carbonyl (C=O) groups excluding carboxylic acids is 1. The molecule has 1 aliphatic rings. The van der Waals surface area contributed by atoms with Crippen LogP contribution in [-0.2, 0) is 0 Å². The van der Waals surface area contributed by atoms with Crippen LogP contribution in [0.5, 0.6) is 0 Å². The molecule has 1 atom stereocenters. The number of halogens is 1. The molecule has 0 unspecified atom stereocenters. The molecule has 0 saturated heterocycles. The molecule has 1 aliphatic heterocycles. The van der Waals surface area contributed by atoms with Gasteiger partial charge in [-0.25, -0.2) is 0 Å². The number of hydrogen-bond acceptors (Lipinski definition) is 3. The highest BCUT2D eigenvalue weighted by atomic mass is 35.5. The molecular weight excluding hydrogens is 340 g/mol. The average molecular weight is 359 g/mol. The maximum absolute atomic E-state index is 13.2. The summed E-state index contributed by atoms with van der Waals surface area (Å²) in [6.07, 6.45) is 0. The van der Waals surface area contributed by atoms with Crippen molar-refractivity contribution in [3.63, 3.8) is 0 Å². The van der Waals surface area contributed by atoms with Gasteiger partial charge in [0.05, 0.1) is 11.7 Å². The van der Waals surface area contributed by atoms with Gasteiger partial charge in [-0.05, 0) is 68.3 Å². The third-order valence-corrected chi connectivity index (χ3v) is 5.46. The van der Waals surface area contributed by atoms with Crippen molar-refractivity contribution in [1.82, 2.24) is 0 Å². The van der Waals surface area contributed by atoms with Gasteiger partial charge < -0.3 is 0 Å². The average Bonchev–Trinajstić information content (AvgIpc) is 2.98. The van der Waals surface area contributed by atoms with E-state index in [0.29, 0.717) is 10.6 Å². The Labute approximate surface area is 151 Å². The van der Waals surface area contributed by atoms with Gasteiger partial charge in [-0.1, -0.05) is 29.4 Å². The van der Waals surface area contributed by atoms with E-state index in [0.717, 1.165) is 22.2 Å². The van der Waals surface area contributed by atoms with Gasteiger partial charge in [0.25, 0.3) is 5.91 Å². The Balaban J connectivity index is 2.03. The third-order valence-electron chi connectivity index (χ3n) is 4.02. The molecule has 3 rings (SSSR count). The first-order valence-corrected chi connectivity index (χ1v) is 9.20. The second kappa shape index (κ2) is 6.99. The minimum Gasteiger partial charge on any atom is -0.268 e. The lowest BCUT2D eigenvalue weighted by Crippen LogP contribution is -2.34. The van der Waals surface area contributed by atoms with Crippen LogP contribution in [0.25, 0.3) is 0 Å². The summed E-state index contributed by atoms with van der Waals surface area (Å²) in [7, 11) is 0. The first-order chi connectivity index (χ1) is 11.5. The molecule has 0 spiro atoms. The maximum Gasteiger partial charge on any atom is 0.264 e. The number of anilines is 1. The van der Waals surface area contributed by atoms with Crippen molar-refractivity contribution in [3.8, 4) is 0 Å². The largest absolute Gasteiger partial charge is 0.268 e. The molecule has 0 saturated carbocycles. The SMILES string of the molecule is Cc1ccc(C(=O)N(C2=N[C@H](C)CS2)c2ccc(Cl)cc2)cc1C. The maximum atomic E-state index is 13.2. The summed E-state index contributed by atoms with van der Waals surface area (Å²) in [6.45, 7) is 6.11. The third kappa shape index (κ3) is 3.50. The van der Waals surface area contributed by atoms with Gasteiger partial charge >= 0.3 is 0 Å². The summed E-state index contributed by atoms with van der Waals surface area (Å²) in [6, 6.07) is 13.3. The van der Waals surface area contributed by atoms with Crippen molar-refractivity contribution in [1.29, 1.82) is 0 Å². The number of aliphatic imine (C=N–C) groups is 1. The summed E-state index contributed by atoms with van der Waals surface area (Å²) < 4.78 is 0. The van der Waals surface area contributed by atoms with Crippen LogP contribution in [0.3, 0.4) is 0 Å². The highest BCUT2D eigenvalue weighted by molar-refractivity contribution is 8.14. The van der Waals surface area contributed by atoms with Gasteiger partial charge in [-0.15, -0.1) is 0 Å². The molecule has 0 N–H and O–H groups in total. The number of aryl methyl sites for hydroxylation is 2. The van der Waals surface area contributed by atoms with Crippen molar-refractivity contribution in [2.24, 2.45) is 4.99 Å². The van der Waals surface area contributed by atoms with Crippen LogP contribution in [0.4, 0.5) is 5.69 Å². The number of nitrogens with zero attached hydrogens (tertiary/aromatic N) is 2. The Morgan fingerprint density at radius 3 is 2.46 bits per heavy atom. The smallest absolute Gasteiger partial charge is 0.264 e. The predicted molar refractivity (Wildman–Crippen MR) is 104 cm³/mol. The van der Waals surface area contributed by atoms with Crippen LogP contribution in [0.15, 0.2) is 47.5 Å². The van der Waals surface area contributed by atoms with Crippen LogP contribution < -0.4 is 4.90 Å². The molecule has 124 valence electrons. The molecule has 0 aromatic heterocycles. The molecule has 1 amide bonds. The molecule has 5 heteroatoms. The first kappa shape index (κ1) is 17.1. The van der Waals surface area contributed by atoms with Gasteiger partial charge in [0.2, 0.25) is 0 Å². The standard InChI is InChI=1S/C19H19ClN2OS/c1-12-4-5-15(10-13(12)2)18(23)22(19-21-14(3)11-24-19)17-8-6-16(20)7-9-17/h4-10,14H,11H2,1-3H3/t14-/m1/s1. The molecule has 0 aliphatic carbocycles. The second-order valence-electron chi connectivity index (χ2n) is 5.99. The summed E-state index contributed by atoms with van der Waals surface area (Å²) in [5.74, 6) is 0.820. The zero-order valence-electron chi connectivity index (χ0n) is 13.9. The van der Waals surface area contributed by atoms with Crippen LogP contribution in [0.1, 0.15) is 28.4 Å². The van der Waals surface area contributed by atoms with Gasteiger partial charge in [-0.3, -0.25) is 14.7 Å². The highest BCUT2D eigenvalue weighted by Gasteiger charge is 2.27. The molecule has 2 aromatic rings. The normalized spacial score (nSPS) is 16.8. The molecule has 0 radical (unpaired) electrons. The Morgan fingerprint density at radius 1 is 1.17 bits per heavy atom. The number of thioether (sulfide) groups is 1. The monoisotopic (exact) mass is 358 g/mol. The van der Waals surface area contributed by atoms with E-state index in [4.69, 9.17) is 11.6 Å². The fourth-order valence-corrected chi connectivity index (χ4v) is 3.65. The summed E-state index contributed by atoms with van der Waals surface area (Å²) >= 11 is 7.61. The van der Waals surface area contributed by atoms with Crippen molar-refractivity contribution in [3.05, 3.63) is 64.2 Å². The van der Waals surface area contributed by atoms with Gasteiger partial charge in [-0.2, -0.15) is 0 Å². The Kier molecular flexibility index (Phi) is 4.97. The van der Waals surface area contributed by atoms with E-state index in [2.05, 4.69) is 11.9 Å². The Bertz CT molecular complexity index is 802. The van der Waals surface area contributed by atoms with E-state index in [9.17, 15) is 4.79 Å². The minimum atomic E-state index is -0.0687. The van der Waals surface area contributed by atoms with Gasteiger partial charge in [0, 0.05) is 16.3 Å². The number of benzene rings is 2. The number of rotatable bonds is 2. The summed E-state index contributed by atoms with van der Waals surface area (Å²) in [4.78, 5) is 19.5. The fraction of sp³-hybridized carbons (Fsp3) is 0.263. The lowest BCUT2D eigenvalue weighted by Gasteiger charge is -2.22. The molecule has 3 nitrogen and oxygen atoms in total. The zero-order valence-corrected chi connectivity index (χ0v) is 15.5. The van der Waals surface area contributed by atoms with Crippen molar-refractivity contribution < 1.29 is 4.79 Å². The summed E-state index contributed by atoms with van der Waals surface area (Å²) in [5, 5.41) is 1.39. The molecule has 0 fully saturated rings. The lowest BCUT2D eigenvalue weighted by atomic mass is 10.1. The summed E-state index contributed by atoms with van der Waals surface area (Å²) in [5.41, 5.74) is 3.72. The quantitative estimate of drug-likeness (QED) is 0.748. The number of amidine groups is 1. The highest BCUT2D eigenvalue weighted by Crippen LogP contribution is 2.28. The van der Waals surface area contributed by atoms with E-state index in [1.165, 1.54) is 5.56 Å². The lowest BCUT2D eigenvalue weighted by molar-refractivity contribution is 0.100. The predicted octanol–water partition coefficient (Wildman–Crippen LogP) is 5.09.